The highest BCUT2D eigenvalue weighted by Crippen LogP contribution is 2.19. The first-order valence-electron chi connectivity index (χ1n) is 5.14. The lowest BCUT2D eigenvalue weighted by molar-refractivity contribution is -0.111. The fourth-order valence-corrected chi connectivity index (χ4v) is 1.47. The van der Waals surface area contributed by atoms with Gasteiger partial charge in [-0.3, -0.25) is 4.79 Å². The minimum Gasteiger partial charge on any atom is -0.508 e. The van der Waals surface area contributed by atoms with Crippen LogP contribution in [0.15, 0.2) is 52.7 Å². The van der Waals surface area contributed by atoms with Crippen LogP contribution in [0.3, 0.4) is 0 Å². The fraction of sp³-hybridized carbons (Fsp3) is 0.0769. The summed E-state index contributed by atoms with van der Waals surface area (Å²) in [6.45, 7) is 1.81. The SMILES string of the molecule is CC1=CC(=O)C(N)=CC1=Nc1ccc(O)cc1. The molecule has 0 aliphatic heterocycles. The zero-order valence-corrected chi connectivity index (χ0v) is 9.34. The van der Waals surface area contributed by atoms with Crippen LogP contribution in [0.1, 0.15) is 6.92 Å². The number of ketones is 1. The maximum atomic E-state index is 11.3. The van der Waals surface area contributed by atoms with Crippen LogP contribution in [0, 0.1) is 0 Å². The monoisotopic (exact) mass is 228 g/mol. The molecular weight excluding hydrogens is 216 g/mol. The van der Waals surface area contributed by atoms with Gasteiger partial charge in [0.15, 0.2) is 0 Å². The van der Waals surface area contributed by atoms with E-state index in [0.29, 0.717) is 11.4 Å². The number of hydrogen-bond acceptors (Lipinski definition) is 4. The van der Waals surface area contributed by atoms with Crippen LogP contribution in [-0.4, -0.2) is 16.6 Å². The second-order valence-corrected chi connectivity index (χ2v) is 3.80. The quantitative estimate of drug-likeness (QED) is 0.720. The second-order valence-electron chi connectivity index (χ2n) is 3.80. The summed E-state index contributed by atoms with van der Waals surface area (Å²) in [5, 5.41) is 9.15. The average molecular weight is 228 g/mol. The van der Waals surface area contributed by atoms with Gasteiger partial charge in [-0.2, -0.15) is 0 Å². The van der Waals surface area contributed by atoms with E-state index in [9.17, 15) is 4.79 Å². The topological polar surface area (TPSA) is 75.7 Å². The number of rotatable bonds is 1. The summed E-state index contributed by atoms with van der Waals surface area (Å²) in [6, 6.07) is 6.49. The van der Waals surface area contributed by atoms with Crippen LogP contribution < -0.4 is 5.73 Å². The van der Waals surface area contributed by atoms with Crippen LogP contribution in [0.5, 0.6) is 5.75 Å². The number of allylic oxidation sites excluding steroid dienone is 3. The molecule has 0 bridgehead atoms. The first kappa shape index (κ1) is 11.1. The lowest BCUT2D eigenvalue weighted by Crippen LogP contribution is -2.17. The third-order valence-corrected chi connectivity index (χ3v) is 2.43. The maximum Gasteiger partial charge on any atom is 0.201 e. The van der Waals surface area contributed by atoms with E-state index in [1.54, 1.807) is 37.3 Å². The number of aliphatic imine (C=N–C) groups is 1. The third-order valence-electron chi connectivity index (χ3n) is 2.43. The Labute approximate surface area is 98.8 Å². The molecule has 0 saturated carbocycles. The molecule has 0 spiro atoms. The van der Waals surface area contributed by atoms with Gasteiger partial charge < -0.3 is 10.8 Å². The first-order valence-corrected chi connectivity index (χ1v) is 5.14. The van der Waals surface area contributed by atoms with Crippen molar-refractivity contribution in [3.8, 4) is 5.75 Å². The molecule has 1 aromatic carbocycles. The van der Waals surface area contributed by atoms with Gasteiger partial charge >= 0.3 is 0 Å². The smallest absolute Gasteiger partial charge is 0.201 e. The van der Waals surface area contributed by atoms with Crippen LogP contribution in [0.4, 0.5) is 5.69 Å². The Bertz CT molecular complexity index is 551. The van der Waals surface area contributed by atoms with Gasteiger partial charge in [-0.25, -0.2) is 4.99 Å². The van der Waals surface area contributed by atoms with Crippen LogP contribution >= 0.6 is 0 Å². The summed E-state index contributed by atoms with van der Waals surface area (Å²) in [7, 11) is 0. The highest BCUT2D eigenvalue weighted by atomic mass is 16.3. The van der Waals surface area contributed by atoms with E-state index in [1.165, 1.54) is 6.08 Å². The Balaban J connectivity index is 2.37. The fourth-order valence-electron chi connectivity index (χ4n) is 1.47. The molecule has 1 aromatic rings. The summed E-state index contributed by atoms with van der Waals surface area (Å²) in [5.41, 5.74) is 7.88. The minimum absolute atomic E-state index is 0.188. The number of benzene rings is 1. The molecule has 4 nitrogen and oxygen atoms in total. The number of aromatic hydroxyl groups is 1. The number of nitrogens with zero attached hydrogens (tertiary/aromatic N) is 1. The van der Waals surface area contributed by atoms with Crippen molar-refractivity contribution in [1.29, 1.82) is 0 Å². The van der Waals surface area contributed by atoms with Gasteiger partial charge in [-0.05, 0) is 48.9 Å². The second kappa shape index (κ2) is 4.25. The summed E-state index contributed by atoms with van der Waals surface area (Å²) in [6.07, 6.45) is 3.03. The summed E-state index contributed by atoms with van der Waals surface area (Å²) in [4.78, 5) is 15.6. The Hall–Kier alpha value is -2.36. The van der Waals surface area contributed by atoms with Crippen molar-refractivity contribution in [3.63, 3.8) is 0 Å². The van der Waals surface area contributed by atoms with E-state index in [0.717, 1.165) is 5.57 Å². The Morgan fingerprint density at radius 1 is 1.18 bits per heavy atom. The molecule has 0 atom stereocenters. The largest absolute Gasteiger partial charge is 0.508 e. The van der Waals surface area contributed by atoms with Gasteiger partial charge in [0, 0.05) is 0 Å². The predicted molar refractivity (Wildman–Crippen MR) is 66.2 cm³/mol. The highest BCUT2D eigenvalue weighted by molar-refractivity contribution is 6.21. The van der Waals surface area contributed by atoms with Crippen LogP contribution in [-0.2, 0) is 4.79 Å². The average Bonchev–Trinajstić information content (AvgIpc) is 2.29. The molecule has 0 unspecified atom stereocenters. The van der Waals surface area contributed by atoms with Crippen molar-refractivity contribution < 1.29 is 9.90 Å². The van der Waals surface area contributed by atoms with E-state index in [2.05, 4.69) is 4.99 Å². The Morgan fingerprint density at radius 2 is 1.82 bits per heavy atom. The number of carbonyl (C=O) groups excluding carboxylic acids is 1. The zero-order valence-electron chi connectivity index (χ0n) is 9.34. The third kappa shape index (κ3) is 2.42. The Kier molecular flexibility index (Phi) is 2.78. The summed E-state index contributed by atoms with van der Waals surface area (Å²) >= 11 is 0. The molecule has 0 aromatic heterocycles. The summed E-state index contributed by atoms with van der Waals surface area (Å²) < 4.78 is 0. The van der Waals surface area contributed by atoms with Crippen molar-refractivity contribution in [2.75, 3.05) is 0 Å². The van der Waals surface area contributed by atoms with Gasteiger partial charge in [0.1, 0.15) is 5.75 Å². The minimum atomic E-state index is -0.188. The lowest BCUT2D eigenvalue weighted by atomic mass is 10.0. The summed E-state index contributed by atoms with van der Waals surface area (Å²) in [5.74, 6) is 0.00208. The number of phenolic OH excluding ortho intramolecular Hbond substituents is 1. The van der Waals surface area contributed by atoms with Crippen molar-refractivity contribution in [1.82, 2.24) is 0 Å². The van der Waals surface area contributed by atoms with E-state index >= 15 is 0 Å². The molecule has 0 amide bonds. The molecule has 0 fully saturated rings. The molecule has 0 radical (unpaired) electrons. The van der Waals surface area contributed by atoms with E-state index in [1.807, 2.05) is 0 Å². The van der Waals surface area contributed by atoms with Gasteiger partial charge in [-0.1, -0.05) is 0 Å². The Morgan fingerprint density at radius 3 is 2.47 bits per heavy atom. The molecule has 0 saturated heterocycles. The van der Waals surface area contributed by atoms with E-state index in [4.69, 9.17) is 10.8 Å². The molecule has 0 heterocycles. The molecule has 1 aliphatic carbocycles. The molecular formula is C13H12N2O2. The maximum absolute atomic E-state index is 11.3. The normalized spacial score (nSPS) is 17.9. The first-order chi connectivity index (χ1) is 8.06. The van der Waals surface area contributed by atoms with E-state index in [-0.39, 0.29) is 17.2 Å². The van der Waals surface area contributed by atoms with Gasteiger partial charge in [0.05, 0.1) is 17.1 Å². The number of carbonyl (C=O) groups is 1. The standard InChI is InChI=1S/C13H12N2O2/c1-8-6-13(17)11(14)7-12(8)15-9-2-4-10(16)5-3-9/h2-7,16H,14H2,1H3. The van der Waals surface area contributed by atoms with E-state index < -0.39 is 0 Å². The zero-order chi connectivity index (χ0) is 12.4. The van der Waals surface area contributed by atoms with Crippen molar-refractivity contribution >= 4 is 17.2 Å². The van der Waals surface area contributed by atoms with Gasteiger partial charge in [0.25, 0.3) is 0 Å². The van der Waals surface area contributed by atoms with Crippen molar-refractivity contribution in [3.05, 3.63) is 47.7 Å². The number of phenols is 1. The molecule has 86 valence electrons. The van der Waals surface area contributed by atoms with Crippen LogP contribution in [0.25, 0.3) is 0 Å². The van der Waals surface area contributed by atoms with Crippen molar-refractivity contribution in [2.45, 2.75) is 6.92 Å². The molecule has 4 heteroatoms. The van der Waals surface area contributed by atoms with Gasteiger partial charge in [0.2, 0.25) is 5.78 Å². The predicted octanol–water partition coefficient (Wildman–Crippen LogP) is 1.84. The number of nitrogens with two attached hydrogens (primary N) is 1. The van der Waals surface area contributed by atoms with Gasteiger partial charge in [-0.15, -0.1) is 0 Å². The van der Waals surface area contributed by atoms with Crippen LogP contribution in [0.2, 0.25) is 0 Å². The molecule has 17 heavy (non-hydrogen) atoms. The molecule has 2 rings (SSSR count). The molecule has 1 aliphatic rings. The highest BCUT2D eigenvalue weighted by Gasteiger charge is 2.13. The van der Waals surface area contributed by atoms with Crippen molar-refractivity contribution in [2.24, 2.45) is 10.7 Å². The lowest BCUT2D eigenvalue weighted by Gasteiger charge is -2.09. The number of hydrogen-bond donors (Lipinski definition) is 2. The molecule has 3 N–H and O–H groups in total.